The summed E-state index contributed by atoms with van der Waals surface area (Å²) in [7, 11) is 1.73. The van der Waals surface area contributed by atoms with Crippen LogP contribution in [-0.4, -0.2) is 33.3 Å². The van der Waals surface area contributed by atoms with E-state index in [9.17, 15) is 10.1 Å². The van der Waals surface area contributed by atoms with Crippen molar-refractivity contribution < 1.29 is 4.92 Å². The summed E-state index contributed by atoms with van der Waals surface area (Å²) in [6.45, 7) is 2.59. The maximum atomic E-state index is 11.0. The van der Waals surface area contributed by atoms with Crippen LogP contribution in [0.15, 0.2) is 0 Å². The molecule has 0 atom stereocenters. The van der Waals surface area contributed by atoms with Gasteiger partial charge < -0.3 is 5.32 Å². The Morgan fingerprint density at radius 2 is 2.29 bits per heavy atom. The Hall–Kier alpha value is -1.24. The molecule has 0 saturated heterocycles. The van der Waals surface area contributed by atoms with Gasteiger partial charge in [-0.2, -0.15) is 16.9 Å². The van der Waals surface area contributed by atoms with Gasteiger partial charge in [-0.1, -0.05) is 6.92 Å². The van der Waals surface area contributed by atoms with Crippen LogP contribution < -0.4 is 5.32 Å². The van der Waals surface area contributed by atoms with Crippen molar-refractivity contribution in [2.75, 3.05) is 23.9 Å². The van der Waals surface area contributed by atoms with Gasteiger partial charge in [0.1, 0.15) is 5.69 Å². The number of hydrogen-bond acceptors (Lipinski definition) is 5. The van der Waals surface area contributed by atoms with Gasteiger partial charge in [0.25, 0.3) is 0 Å². The number of rotatable bonds is 7. The number of thioether (sulfide) groups is 1. The molecule has 1 rings (SSSR count). The second-order valence-electron chi connectivity index (χ2n) is 3.65. The van der Waals surface area contributed by atoms with Crippen molar-refractivity contribution in [2.45, 2.75) is 19.8 Å². The lowest BCUT2D eigenvalue weighted by Crippen LogP contribution is -2.08. The topological polar surface area (TPSA) is 73.0 Å². The fraction of sp³-hybridized carbons (Fsp3) is 0.700. The molecule has 0 aliphatic heterocycles. The predicted molar refractivity (Wildman–Crippen MR) is 70.7 cm³/mol. The van der Waals surface area contributed by atoms with Crippen LogP contribution in [0, 0.1) is 10.1 Å². The molecule has 96 valence electrons. The Balaban J connectivity index is 2.82. The first kappa shape index (κ1) is 13.8. The fourth-order valence-corrected chi connectivity index (χ4v) is 2.05. The van der Waals surface area contributed by atoms with E-state index in [0.29, 0.717) is 17.9 Å². The summed E-state index contributed by atoms with van der Waals surface area (Å²) in [4.78, 5) is 10.7. The second kappa shape index (κ2) is 6.48. The summed E-state index contributed by atoms with van der Waals surface area (Å²) in [5.74, 6) is 1.55. The van der Waals surface area contributed by atoms with Gasteiger partial charge in [0.05, 0.1) is 4.92 Å². The van der Waals surface area contributed by atoms with E-state index < -0.39 is 0 Å². The van der Waals surface area contributed by atoms with E-state index in [1.54, 1.807) is 23.5 Å². The number of aromatic nitrogens is 2. The average molecular weight is 258 g/mol. The summed E-state index contributed by atoms with van der Waals surface area (Å²) in [6.07, 6.45) is 3.59. The Kier molecular flexibility index (Phi) is 5.27. The average Bonchev–Trinajstić information content (AvgIpc) is 2.61. The minimum Gasteiger partial charge on any atom is -0.365 e. The standard InChI is InChI=1S/C10H18N4O2S/c1-4-8-9(14(15)16)10(13(2)12-8)11-6-5-7-17-3/h11H,4-7H2,1-3H3. The molecule has 7 heteroatoms. The lowest BCUT2D eigenvalue weighted by molar-refractivity contribution is -0.384. The molecular formula is C10H18N4O2S. The van der Waals surface area contributed by atoms with Gasteiger partial charge in [0.15, 0.2) is 0 Å². The second-order valence-corrected chi connectivity index (χ2v) is 4.64. The molecule has 0 saturated carbocycles. The third kappa shape index (κ3) is 3.36. The smallest absolute Gasteiger partial charge is 0.333 e. The van der Waals surface area contributed by atoms with E-state index >= 15 is 0 Å². The molecule has 0 aliphatic carbocycles. The summed E-state index contributed by atoms with van der Waals surface area (Å²) >= 11 is 1.76. The highest BCUT2D eigenvalue weighted by atomic mass is 32.2. The summed E-state index contributed by atoms with van der Waals surface area (Å²) in [6, 6.07) is 0. The van der Waals surface area contributed by atoms with E-state index in [2.05, 4.69) is 10.4 Å². The first-order valence-electron chi connectivity index (χ1n) is 5.54. The van der Waals surface area contributed by atoms with Crippen molar-refractivity contribution in [1.29, 1.82) is 0 Å². The molecule has 0 radical (unpaired) electrons. The van der Waals surface area contributed by atoms with Crippen LogP contribution in [-0.2, 0) is 13.5 Å². The van der Waals surface area contributed by atoms with Crippen LogP contribution >= 0.6 is 11.8 Å². The van der Waals surface area contributed by atoms with Crippen LogP contribution in [0.25, 0.3) is 0 Å². The van der Waals surface area contributed by atoms with Gasteiger partial charge in [0, 0.05) is 13.6 Å². The van der Waals surface area contributed by atoms with Gasteiger partial charge in [-0.15, -0.1) is 0 Å². The maximum absolute atomic E-state index is 11.0. The Bertz CT molecular complexity index is 392. The molecule has 17 heavy (non-hydrogen) atoms. The van der Waals surface area contributed by atoms with Gasteiger partial charge in [0.2, 0.25) is 5.82 Å². The third-order valence-corrected chi connectivity index (χ3v) is 3.12. The lowest BCUT2D eigenvalue weighted by Gasteiger charge is -2.04. The zero-order valence-corrected chi connectivity index (χ0v) is 11.2. The molecule has 1 heterocycles. The van der Waals surface area contributed by atoms with Crippen LogP contribution in [0.1, 0.15) is 19.0 Å². The normalized spacial score (nSPS) is 10.5. The van der Waals surface area contributed by atoms with Gasteiger partial charge in [-0.25, -0.2) is 4.68 Å². The van der Waals surface area contributed by atoms with Crippen LogP contribution in [0.4, 0.5) is 11.5 Å². The quantitative estimate of drug-likeness (QED) is 0.460. The zero-order valence-electron chi connectivity index (χ0n) is 10.4. The molecule has 1 N–H and O–H groups in total. The van der Waals surface area contributed by atoms with Crippen molar-refractivity contribution >= 4 is 23.3 Å². The van der Waals surface area contributed by atoms with E-state index in [4.69, 9.17) is 0 Å². The van der Waals surface area contributed by atoms with Gasteiger partial charge in [-0.3, -0.25) is 10.1 Å². The zero-order chi connectivity index (χ0) is 12.8. The molecule has 0 bridgehead atoms. The third-order valence-electron chi connectivity index (χ3n) is 2.43. The first-order chi connectivity index (χ1) is 8.11. The van der Waals surface area contributed by atoms with Crippen LogP contribution in [0.5, 0.6) is 0 Å². The monoisotopic (exact) mass is 258 g/mol. The highest BCUT2D eigenvalue weighted by Gasteiger charge is 2.24. The van der Waals surface area contributed by atoms with E-state index in [1.807, 2.05) is 13.2 Å². The predicted octanol–water partition coefficient (Wildman–Crippen LogP) is 2.06. The van der Waals surface area contributed by atoms with Gasteiger partial charge in [-0.05, 0) is 24.9 Å². The summed E-state index contributed by atoms with van der Waals surface area (Å²) in [5.41, 5.74) is 0.643. The molecule has 1 aromatic rings. The Morgan fingerprint density at radius 3 is 2.82 bits per heavy atom. The van der Waals surface area contributed by atoms with E-state index in [-0.39, 0.29) is 10.6 Å². The molecule has 0 spiro atoms. The van der Waals surface area contributed by atoms with E-state index in [0.717, 1.165) is 18.7 Å². The van der Waals surface area contributed by atoms with Gasteiger partial charge >= 0.3 is 5.69 Å². The number of nitro groups is 1. The lowest BCUT2D eigenvalue weighted by atomic mass is 10.3. The molecule has 0 unspecified atom stereocenters. The maximum Gasteiger partial charge on any atom is 0.333 e. The molecular weight excluding hydrogens is 240 g/mol. The number of nitrogens with zero attached hydrogens (tertiary/aromatic N) is 3. The first-order valence-corrected chi connectivity index (χ1v) is 6.94. The van der Waals surface area contributed by atoms with Crippen LogP contribution in [0.3, 0.4) is 0 Å². The largest absolute Gasteiger partial charge is 0.365 e. The van der Waals surface area contributed by atoms with E-state index in [1.165, 1.54) is 0 Å². The molecule has 1 aromatic heterocycles. The van der Waals surface area contributed by atoms with Crippen LogP contribution in [0.2, 0.25) is 0 Å². The summed E-state index contributed by atoms with van der Waals surface area (Å²) in [5, 5.41) is 18.3. The number of aryl methyl sites for hydroxylation is 2. The number of hydrogen-bond donors (Lipinski definition) is 1. The van der Waals surface area contributed by atoms with Crippen molar-refractivity contribution in [2.24, 2.45) is 7.05 Å². The Morgan fingerprint density at radius 1 is 1.59 bits per heavy atom. The Labute approximate surface area is 105 Å². The molecule has 0 aromatic carbocycles. The van der Waals surface area contributed by atoms with Crippen molar-refractivity contribution in [3.63, 3.8) is 0 Å². The van der Waals surface area contributed by atoms with Crippen molar-refractivity contribution in [1.82, 2.24) is 9.78 Å². The highest BCUT2D eigenvalue weighted by molar-refractivity contribution is 7.98. The number of nitrogens with one attached hydrogen (secondary N) is 1. The SMILES string of the molecule is CCc1nn(C)c(NCCCSC)c1[N+](=O)[O-]. The number of anilines is 1. The van der Waals surface area contributed by atoms with Crippen molar-refractivity contribution in [3.8, 4) is 0 Å². The summed E-state index contributed by atoms with van der Waals surface area (Å²) < 4.78 is 1.55. The molecule has 6 nitrogen and oxygen atoms in total. The minimum absolute atomic E-state index is 0.110. The fourth-order valence-electron chi connectivity index (χ4n) is 1.62. The van der Waals surface area contributed by atoms with Crippen molar-refractivity contribution in [3.05, 3.63) is 15.8 Å². The molecule has 0 aliphatic rings. The minimum atomic E-state index is -0.358. The molecule has 0 fully saturated rings. The highest BCUT2D eigenvalue weighted by Crippen LogP contribution is 2.28. The molecule has 0 amide bonds.